The third-order valence-corrected chi connectivity index (χ3v) is 3.47. The predicted molar refractivity (Wildman–Crippen MR) is 66.8 cm³/mol. The fourth-order valence-corrected chi connectivity index (χ4v) is 2.60. The number of nitriles is 1. The van der Waals surface area contributed by atoms with Crippen molar-refractivity contribution in [1.82, 2.24) is 0 Å². The molecule has 1 aliphatic rings. The van der Waals surface area contributed by atoms with E-state index in [2.05, 4.69) is 17.9 Å². The molecule has 1 aliphatic heterocycles. The van der Waals surface area contributed by atoms with Crippen LogP contribution in [0.2, 0.25) is 5.02 Å². The number of halogens is 1. The molecule has 16 heavy (non-hydrogen) atoms. The highest BCUT2D eigenvalue weighted by Gasteiger charge is 2.24. The average Bonchev–Trinajstić information content (AvgIpc) is 2.76. The molecule has 1 unspecified atom stereocenters. The molecular formula is C13H15ClN2. The molecule has 0 spiro atoms. The van der Waals surface area contributed by atoms with Crippen molar-refractivity contribution in [3.63, 3.8) is 0 Å². The lowest BCUT2D eigenvalue weighted by molar-refractivity contribution is 0.645. The zero-order valence-electron chi connectivity index (χ0n) is 9.41. The number of anilines is 1. The quantitative estimate of drug-likeness (QED) is 0.782. The Balaban J connectivity index is 2.36. The van der Waals surface area contributed by atoms with Crippen molar-refractivity contribution in [2.24, 2.45) is 0 Å². The van der Waals surface area contributed by atoms with Gasteiger partial charge in [0.05, 0.1) is 11.3 Å². The fraction of sp³-hybridized carbons (Fsp3) is 0.462. The fourth-order valence-electron chi connectivity index (χ4n) is 2.43. The van der Waals surface area contributed by atoms with Gasteiger partial charge in [0.25, 0.3) is 0 Å². The Hall–Kier alpha value is -1.20. The summed E-state index contributed by atoms with van der Waals surface area (Å²) in [5.41, 5.74) is 1.73. The minimum absolute atomic E-state index is 0.577. The van der Waals surface area contributed by atoms with Crippen molar-refractivity contribution < 1.29 is 0 Å². The van der Waals surface area contributed by atoms with E-state index in [1.54, 1.807) is 6.07 Å². The third-order valence-electron chi connectivity index (χ3n) is 3.24. The van der Waals surface area contributed by atoms with Crippen LogP contribution in [0.1, 0.15) is 31.7 Å². The van der Waals surface area contributed by atoms with Crippen LogP contribution >= 0.6 is 11.6 Å². The first-order valence-corrected chi connectivity index (χ1v) is 6.10. The molecule has 1 aromatic carbocycles. The molecule has 2 rings (SSSR count). The molecule has 0 saturated carbocycles. The molecule has 0 bridgehead atoms. The molecular weight excluding hydrogens is 220 g/mol. The monoisotopic (exact) mass is 234 g/mol. The summed E-state index contributed by atoms with van der Waals surface area (Å²) < 4.78 is 0. The van der Waals surface area contributed by atoms with Gasteiger partial charge in [-0.2, -0.15) is 5.26 Å². The van der Waals surface area contributed by atoms with Crippen molar-refractivity contribution >= 4 is 17.3 Å². The Kier molecular flexibility index (Phi) is 3.36. The van der Waals surface area contributed by atoms with Crippen molar-refractivity contribution in [3.8, 4) is 6.07 Å². The van der Waals surface area contributed by atoms with Gasteiger partial charge in [0.15, 0.2) is 0 Å². The summed E-state index contributed by atoms with van der Waals surface area (Å²) >= 11 is 5.90. The molecule has 1 fully saturated rings. The summed E-state index contributed by atoms with van der Waals surface area (Å²) in [6.45, 7) is 3.25. The van der Waals surface area contributed by atoms with E-state index in [1.165, 1.54) is 12.8 Å². The van der Waals surface area contributed by atoms with Crippen LogP contribution in [0.3, 0.4) is 0 Å². The van der Waals surface area contributed by atoms with Crippen LogP contribution in [0, 0.1) is 11.3 Å². The average molecular weight is 235 g/mol. The van der Waals surface area contributed by atoms with Crippen LogP contribution in [0.25, 0.3) is 0 Å². The number of rotatable bonds is 2. The van der Waals surface area contributed by atoms with Gasteiger partial charge < -0.3 is 4.90 Å². The topological polar surface area (TPSA) is 27.0 Å². The van der Waals surface area contributed by atoms with E-state index in [0.717, 1.165) is 18.7 Å². The van der Waals surface area contributed by atoms with E-state index < -0.39 is 0 Å². The van der Waals surface area contributed by atoms with Gasteiger partial charge in [-0.1, -0.05) is 18.5 Å². The summed E-state index contributed by atoms with van der Waals surface area (Å²) in [4.78, 5) is 2.34. The van der Waals surface area contributed by atoms with Crippen molar-refractivity contribution in [1.29, 1.82) is 5.26 Å². The van der Waals surface area contributed by atoms with Gasteiger partial charge in [-0.3, -0.25) is 0 Å². The summed E-state index contributed by atoms with van der Waals surface area (Å²) in [6.07, 6.45) is 3.57. The molecule has 3 heteroatoms. The van der Waals surface area contributed by atoms with Crippen LogP contribution in [0.15, 0.2) is 18.2 Å². The van der Waals surface area contributed by atoms with Gasteiger partial charge in [-0.15, -0.1) is 0 Å². The first-order valence-electron chi connectivity index (χ1n) is 5.72. The normalized spacial score (nSPS) is 19.8. The van der Waals surface area contributed by atoms with Gasteiger partial charge in [0.1, 0.15) is 6.07 Å². The number of hydrogen-bond acceptors (Lipinski definition) is 2. The second kappa shape index (κ2) is 4.76. The highest BCUT2D eigenvalue weighted by atomic mass is 35.5. The maximum atomic E-state index is 9.13. The van der Waals surface area contributed by atoms with Gasteiger partial charge in [0, 0.05) is 17.6 Å². The molecule has 84 valence electrons. The lowest BCUT2D eigenvalue weighted by Gasteiger charge is -2.26. The van der Waals surface area contributed by atoms with E-state index >= 15 is 0 Å². The Morgan fingerprint density at radius 1 is 1.56 bits per heavy atom. The predicted octanol–water partition coefficient (Wildman–Crippen LogP) is 3.59. The third kappa shape index (κ3) is 2.01. The summed E-state index contributed by atoms with van der Waals surface area (Å²) in [7, 11) is 0. The molecule has 0 radical (unpaired) electrons. The largest absolute Gasteiger partial charge is 0.367 e. The van der Waals surface area contributed by atoms with Crippen molar-refractivity contribution in [2.45, 2.75) is 32.2 Å². The van der Waals surface area contributed by atoms with Gasteiger partial charge in [-0.05, 0) is 37.5 Å². The van der Waals surface area contributed by atoms with Gasteiger partial charge >= 0.3 is 0 Å². The molecule has 0 amide bonds. The summed E-state index contributed by atoms with van der Waals surface area (Å²) in [6, 6.07) is 8.39. The summed E-state index contributed by atoms with van der Waals surface area (Å²) in [5.74, 6) is 0. The minimum Gasteiger partial charge on any atom is -0.367 e. The van der Waals surface area contributed by atoms with Crippen LogP contribution < -0.4 is 4.90 Å². The number of benzene rings is 1. The first kappa shape index (κ1) is 11.3. The summed E-state index contributed by atoms with van der Waals surface area (Å²) in [5, 5.41) is 9.76. The lowest BCUT2D eigenvalue weighted by atomic mass is 10.1. The van der Waals surface area contributed by atoms with Crippen LogP contribution in [-0.2, 0) is 0 Å². The zero-order chi connectivity index (χ0) is 11.5. The van der Waals surface area contributed by atoms with E-state index in [9.17, 15) is 0 Å². The lowest BCUT2D eigenvalue weighted by Crippen LogP contribution is -2.29. The highest BCUT2D eigenvalue weighted by Crippen LogP contribution is 2.31. The molecule has 1 saturated heterocycles. The second-order valence-electron chi connectivity index (χ2n) is 4.17. The zero-order valence-corrected chi connectivity index (χ0v) is 10.2. The molecule has 2 nitrogen and oxygen atoms in total. The second-order valence-corrected chi connectivity index (χ2v) is 4.61. The maximum Gasteiger partial charge on any atom is 0.101 e. The molecule has 0 aromatic heterocycles. The van der Waals surface area contributed by atoms with Gasteiger partial charge in [0.2, 0.25) is 0 Å². The SMILES string of the molecule is CCC1CCCN1c1ccc(Cl)cc1C#N. The molecule has 1 heterocycles. The Morgan fingerprint density at radius 3 is 3.06 bits per heavy atom. The standard InChI is InChI=1S/C13H15ClN2/c1-2-12-4-3-7-16(12)13-6-5-11(14)8-10(13)9-15/h5-6,8,12H,2-4,7H2,1H3. The van der Waals surface area contributed by atoms with Crippen LogP contribution in [0.5, 0.6) is 0 Å². The first-order chi connectivity index (χ1) is 7.76. The van der Waals surface area contributed by atoms with Crippen molar-refractivity contribution in [3.05, 3.63) is 28.8 Å². The highest BCUT2D eigenvalue weighted by molar-refractivity contribution is 6.30. The Morgan fingerprint density at radius 2 is 2.38 bits per heavy atom. The van der Waals surface area contributed by atoms with Crippen LogP contribution in [0.4, 0.5) is 5.69 Å². The minimum atomic E-state index is 0.577. The Labute approximate surface area is 101 Å². The maximum absolute atomic E-state index is 9.13. The van der Waals surface area contributed by atoms with Gasteiger partial charge in [-0.25, -0.2) is 0 Å². The van der Waals surface area contributed by atoms with E-state index in [4.69, 9.17) is 16.9 Å². The molecule has 1 atom stereocenters. The van der Waals surface area contributed by atoms with Crippen LogP contribution in [-0.4, -0.2) is 12.6 Å². The smallest absolute Gasteiger partial charge is 0.101 e. The van der Waals surface area contributed by atoms with Crippen molar-refractivity contribution in [2.75, 3.05) is 11.4 Å². The Bertz CT molecular complexity index is 422. The van der Waals surface area contributed by atoms with E-state index in [0.29, 0.717) is 16.6 Å². The number of nitrogens with zero attached hydrogens (tertiary/aromatic N) is 2. The molecule has 1 aromatic rings. The van der Waals surface area contributed by atoms with E-state index in [1.807, 2.05) is 12.1 Å². The van der Waals surface area contributed by atoms with E-state index in [-0.39, 0.29) is 0 Å². The number of hydrogen-bond donors (Lipinski definition) is 0. The molecule has 0 aliphatic carbocycles. The molecule has 0 N–H and O–H groups in total.